The summed E-state index contributed by atoms with van der Waals surface area (Å²) in [6.07, 6.45) is -21.3. The molecule has 0 aliphatic rings. The van der Waals surface area contributed by atoms with Crippen LogP contribution in [-0.2, 0) is 40.5 Å². The first-order chi connectivity index (χ1) is 36.7. The summed E-state index contributed by atoms with van der Waals surface area (Å²) in [6, 6.07) is 16.6. The number of benzene rings is 4. The van der Waals surface area contributed by atoms with Crippen LogP contribution in [0.4, 0.5) is 79.0 Å². The summed E-state index contributed by atoms with van der Waals surface area (Å²) in [5.41, 5.74) is -19.4. The van der Waals surface area contributed by atoms with E-state index in [0.717, 1.165) is 19.2 Å². The summed E-state index contributed by atoms with van der Waals surface area (Å²) < 4.78 is 299. The van der Waals surface area contributed by atoms with E-state index in [2.05, 4.69) is 17.8 Å². The first-order valence-corrected chi connectivity index (χ1v) is 26.5. The normalized spacial score (nSPS) is 14.1. The summed E-state index contributed by atoms with van der Waals surface area (Å²) in [5.74, 6) is -1.06. The van der Waals surface area contributed by atoms with Crippen molar-refractivity contribution in [3.63, 3.8) is 0 Å². The second-order valence-electron chi connectivity index (χ2n) is 18.4. The number of alkyl halides is 18. The molecule has 4 aromatic carbocycles. The predicted molar refractivity (Wildman–Crippen MR) is 262 cm³/mol. The lowest BCUT2D eigenvalue weighted by Crippen LogP contribution is -2.57. The van der Waals surface area contributed by atoms with Crippen molar-refractivity contribution in [2.24, 2.45) is 0 Å². The zero-order chi connectivity index (χ0) is 62.6. The molecule has 0 amide bonds. The number of aryl methyl sites for hydroxylation is 4. The fraction of sp³-hybridized carbons (Fsp3) is 0.462. The number of aliphatic hydroxyl groups is 1. The average molecular weight is 1230 g/mol. The van der Waals surface area contributed by atoms with Crippen LogP contribution in [0.1, 0.15) is 109 Å². The zero-order valence-corrected chi connectivity index (χ0v) is 45.7. The number of halogens is 18. The average Bonchev–Trinajstić information content (AvgIpc) is 3.32. The van der Waals surface area contributed by atoms with E-state index in [1.54, 1.807) is 26.0 Å². The van der Waals surface area contributed by atoms with Gasteiger partial charge in [0, 0.05) is 17.9 Å². The van der Waals surface area contributed by atoms with Crippen LogP contribution < -0.4 is 8.37 Å². The zero-order valence-electron chi connectivity index (χ0n) is 44.1. The Kier molecular flexibility index (Phi) is 21.3. The predicted octanol–water partition coefficient (Wildman–Crippen LogP) is 15.6. The van der Waals surface area contributed by atoms with E-state index in [-0.39, 0.29) is 40.0 Å². The fourth-order valence-corrected chi connectivity index (χ4v) is 9.72. The quantitative estimate of drug-likeness (QED) is 0.0423. The summed E-state index contributed by atoms with van der Waals surface area (Å²) >= 11 is 0. The summed E-state index contributed by atoms with van der Waals surface area (Å²) in [7, 11) is -10.9. The Balaban J connectivity index is 0.000000426. The summed E-state index contributed by atoms with van der Waals surface area (Å²) in [5, 5.41) is 9.36. The largest absolute Gasteiger partial charge is 0.534 e. The Bertz CT molecular complexity index is 3080. The van der Waals surface area contributed by atoms with Crippen LogP contribution in [0, 0.1) is 27.7 Å². The maximum absolute atomic E-state index is 13.7. The highest BCUT2D eigenvalue weighted by atomic mass is 32.2. The minimum atomic E-state index is -6.01. The molecule has 454 valence electrons. The molecule has 0 aliphatic heterocycles. The molecule has 0 aliphatic carbocycles. The van der Waals surface area contributed by atoms with Crippen LogP contribution >= 0.6 is 0 Å². The highest BCUT2D eigenvalue weighted by molar-refractivity contribution is 7.88. The van der Waals surface area contributed by atoms with Gasteiger partial charge in [0.05, 0.1) is 0 Å². The van der Waals surface area contributed by atoms with Gasteiger partial charge < -0.3 is 22.9 Å². The highest BCUT2D eigenvalue weighted by Crippen LogP contribution is 2.49. The van der Waals surface area contributed by atoms with Gasteiger partial charge in [-0.05, 0) is 133 Å². The lowest BCUT2D eigenvalue weighted by atomic mass is 9.70. The van der Waals surface area contributed by atoms with E-state index in [9.17, 15) is 101 Å². The fourth-order valence-electron chi connectivity index (χ4n) is 8.68. The SMILES string of the molecule is CCC(CC)(c1ccc(/C=C/C(O)(C(F)(F)F)C(F)(F)F)c(C)c1)c1ccc(OS(=O)(=O)C(F)(F)F)c(C)c1.CCC(CC)(c1ccc(/C=C/C(OCOC)(C(F)(F)F)C(F)(F)F)c(C)c1)c1ccc(OS(=O)(=O)C(F)(F)F)c(C)c1. The van der Waals surface area contributed by atoms with Gasteiger partial charge in [0.2, 0.25) is 0 Å². The van der Waals surface area contributed by atoms with E-state index >= 15 is 0 Å². The second-order valence-corrected chi connectivity index (χ2v) is 21.4. The van der Waals surface area contributed by atoms with E-state index in [1.165, 1.54) is 76.2 Å². The van der Waals surface area contributed by atoms with Gasteiger partial charge in [0.15, 0.2) is 0 Å². The molecule has 4 aromatic rings. The molecule has 0 aromatic heterocycles. The van der Waals surface area contributed by atoms with E-state index in [1.807, 2.05) is 13.8 Å². The Morgan fingerprint density at radius 1 is 0.444 bits per heavy atom. The van der Waals surface area contributed by atoms with E-state index in [0.29, 0.717) is 65.7 Å². The van der Waals surface area contributed by atoms with Crippen molar-refractivity contribution in [3.8, 4) is 11.5 Å². The molecule has 0 spiro atoms. The maximum atomic E-state index is 13.7. The minimum Gasteiger partial charge on any atom is -0.376 e. The minimum absolute atomic E-state index is 0.0240. The number of ether oxygens (including phenoxy) is 2. The molecule has 0 saturated heterocycles. The molecular weight excluding hydrogens is 1170 g/mol. The van der Waals surface area contributed by atoms with Gasteiger partial charge in [-0.15, -0.1) is 0 Å². The maximum Gasteiger partial charge on any atom is 0.534 e. The van der Waals surface area contributed by atoms with Gasteiger partial charge in [0.1, 0.15) is 18.3 Å². The molecule has 0 atom stereocenters. The van der Waals surface area contributed by atoms with Crippen molar-refractivity contribution in [3.05, 3.63) is 141 Å². The van der Waals surface area contributed by atoms with Crippen LogP contribution in [0.15, 0.2) is 84.9 Å². The molecule has 0 fully saturated rings. The van der Waals surface area contributed by atoms with Gasteiger partial charge in [-0.3, -0.25) is 0 Å². The van der Waals surface area contributed by atoms with Crippen LogP contribution in [0.5, 0.6) is 11.5 Å². The van der Waals surface area contributed by atoms with Crippen molar-refractivity contribution >= 4 is 32.4 Å². The second kappa shape index (κ2) is 24.7. The molecule has 81 heavy (non-hydrogen) atoms. The van der Waals surface area contributed by atoms with Crippen LogP contribution in [0.3, 0.4) is 0 Å². The molecule has 4 rings (SSSR count). The smallest absolute Gasteiger partial charge is 0.376 e. The van der Waals surface area contributed by atoms with Crippen molar-refractivity contribution in [2.45, 2.75) is 139 Å². The summed E-state index contributed by atoms with van der Waals surface area (Å²) in [4.78, 5) is 0. The standard InChI is InChI=1S/C27H29F9O5S.C25H25F9O4S/c1-6-23(7-2,21-10-11-22(18(4)15-21)41-42(37,38)27(34,35)36)20-9-8-19(17(3)14-20)12-13-24(25(28,29)30,26(31,32)33)40-16-39-5;1-5-21(6-2,19-9-10-20(16(4)14-19)38-39(36,37)25(32,33)34)18-8-7-17(15(3)13-18)11-12-22(35,23(26,27)28)24(29,30)31/h8-15H,6-7,16H2,1-5H3;7-14,35H,5-6H2,1-4H3/b13-12+;12-11+. The third-order valence-electron chi connectivity index (χ3n) is 13.6. The van der Waals surface area contributed by atoms with Gasteiger partial charge >= 0.3 is 56.0 Å². The van der Waals surface area contributed by atoms with Crippen LogP contribution in [0.2, 0.25) is 0 Å². The molecule has 9 nitrogen and oxygen atoms in total. The molecular formula is C52H54F18O9S2. The van der Waals surface area contributed by atoms with E-state index in [4.69, 9.17) is 0 Å². The van der Waals surface area contributed by atoms with Gasteiger partial charge in [-0.2, -0.15) is 95.9 Å². The molecule has 0 saturated carbocycles. The van der Waals surface area contributed by atoms with E-state index < -0.39 is 96.3 Å². The molecule has 0 radical (unpaired) electrons. The Labute approximate surface area is 454 Å². The third kappa shape index (κ3) is 14.6. The van der Waals surface area contributed by atoms with Crippen LogP contribution in [0.25, 0.3) is 12.2 Å². The third-order valence-corrected chi connectivity index (χ3v) is 15.5. The Hall–Kier alpha value is -5.52. The first kappa shape index (κ1) is 69.7. The highest BCUT2D eigenvalue weighted by Gasteiger charge is 2.71. The number of hydrogen-bond acceptors (Lipinski definition) is 9. The lowest BCUT2D eigenvalue weighted by molar-refractivity contribution is -0.372. The number of methoxy groups -OCH3 is 1. The van der Waals surface area contributed by atoms with Gasteiger partial charge in [-0.25, -0.2) is 0 Å². The van der Waals surface area contributed by atoms with Crippen molar-refractivity contribution in [1.29, 1.82) is 0 Å². The lowest BCUT2D eigenvalue weighted by Gasteiger charge is -2.35. The number of hydrogen-bond donors (Lipinski definition) is 1. The molecule has 0 heterocycles. The Morgan fingerprint density at radius 3 is 0.988 bits per heavy atom. The molecule has 0 bridgehead atoms. The first-order valence-electron chi connectivity index (χ1n) is 23.6. The molecule has 0 unspecified atom stereocenters. The van der Waals surface area contributed by atoms with Gasteiger partial charge in [0.25, 0.3) is 11.2 Å². The molecule has 29 heteroatoms. The van der Waals surface area contributed by atoms with Crippen molar-refractivity contribution < 1.29 is 119 Å². The van der Waals surface area contributed by atoms with Crippen molar-refractivity contribution in [1.82, 2.24) is 0 Å². The number of rotatable bonds is 19. The van der Waals surface area contributed by atoms with Gasteiger partial charge in [-0.1, -0.05) is 101 Å². The Morgan fingerprint density at radius 2 is 0.741 bits per heavy atom. The summed E-state index contributed by atoms with van der Waals surface area (Å²) in [6.45, 7) is 11.6. The van der Waals surface area contributed by atoms with Crippen LogP contribution in [-0.4, -0.2) is 82.8 Å². The van der Waals surface area contributed by atoms with Crippen molar-refractivity contribution in [2.75, 3.05) is 13.9 Å². The topological polar surface area (TPSA) is 125 Å². The molecule has 1 N–H and O–H groups in total. The monoisotopic (exact) mass is 1230 g/mol.